The van der Waals surface area contributed by atoms with E-state index in [1.165, 1.54) is 0 Å². The fourth-order valence-electron chi connectivity index (χ4n) is 0. The van der Waals surface area contributed by atoms with Gasteiger partial charge in [0.15, 0.2) is 0 Å². The molecule has 1 N–H and O–H groups in total. The van der Waals surface area contributed by atoms with Crippen LogP contribution < -0.4 is 5.11 Å². The van der Waals surface area contributed by atoms with Crippen LogP contribution in [0.4, 0.5) is 0 Å². The predicted octanol–water partition coefficient (Wildman–Crippen LogP) is -2.13. The summed E-state index contributed by atoms with van der Waals surface area (Å²) in [5.41, 5.74) is 0. The second kappa shape index (κ2) is 13.5. The molecular weight excluding hydrogens is 277 g/mol. The number of carbonyl (C=O) groups excluding carboxylic acids is 1. The summed E-state index contributed by atoms with van der Waals surface area (Å²) in [6.07, 6.45) is -1.34. The van der Waals surface area contributed by atoms with Crippen molar-refractivity contribution < 1.29 is 59.1 Å². The van der Waals surface area contributed by atoms with Gasteiger partial charge in [0.25, 0.3) is 0 Å². The maximum absolute atomic E-state index is 9.34. The van der Waals surface area contributed by atoms with E-state index in [4.69, 9.17) is 20.4 Å². The van der Waals surface area contributed by atoms with Crippen molar-refractivity contribution in [2.75, 3.05) is 0 Å². The number of rotatable bonds is 1. The van der Waals surface area contributed by atoms with E-state index in [0.29, 0.717) is 0 Å². The molecule has 1 unspecified atom stereocenters. The molecule has 7 nitrogen and oxygen atoms in total. The third-order valence-corrected chi connectivity index (χ3v) is 0.341. The van der Waals surface area contributed by atoms with Crippen LogP contribution in [0, 0.1) is 15.3 Å². The number of hydrogen-bond acceptors (Lipinski definition) is 6. The van der Waals surface area contributed by atoms with Crippen molar-refractivity contribution in [1.82, 2.24) is 0 Å². The van der Waals surface area contributed by atoms with E-state index in [0.717, 1.165) is 6.92 Å². The van der Waals surface area contributed by atoms with Crippen molar-refractivity contribution in [3.05, 3.63) is 15.3 Å². The third kappa shape index (κ3) is 51.8. The minimum Gasteiger partial charge on any atom is -0.547 e. The van der Waals surface area contributed by atoms with Crippen molar-refractivity contribution in [2.45, 2.75) is 13.0 Å². The van der Waals surface area contributed by atoms with Crippen LogP contribution in [0.15, 0.2) is 0 Å². The summed E-state index contributed by atoms with van der Waals surface area (Å²) < 4.78 is 0. The Morgan fingerprint density at radius 2 is 1.50 bits per heavy atom. The second-order valence-corrected chi connectivity index (χ2v) is 1.22. The van der Waals surface area contributed by atoms with E-state index in [9.17, 15) is 9.90 Å². The van der Waals surface area contributed by atoms with Crippen LogP contribution >= 0.6 is 0 Å². The molecular formula is C3H5NO6Zn2+2. The van der Waals surface area contributed by atoms with Gasteiger partial charge in [0.05, 0.1) is 17.2 Å². The molecule has 0 radical (unpaired) electrons. The number of carbonyl (C=O) groups is 1. The van der Waals surface area contributed by atoms with Crippen molar-refractivity contribution in [3.63, 3.8) is 0 Å². The zero-order chi connectivity index (χ0) is 8.73. The van der Waals surface area contributed by atoms with Gasteiger partial charge in [0.2, 0.25) is 0 Å². The molecule has 0 aliphatic carbocycles. The first-order valence-electron chi connectivity index (χ1n) is 2.08. The molecule has 0 bridgehead atoms. The number of nitrogens with zero attached hydrogens (tertiary/aromatic N) is 1. The number of carboxylic acid groups (broad SMARTS) is 1. The molecule has 9 heteroatoms. The molecule has 0 aliphatic rings. The fraction of sp³-hybridized carbons (Fsp3) is 0.667. The van der Waals surface area contributed by atoms with E-state index in [1.54, 1.807) is 0 Å². The molecule has 0 aromatic rings. The summed E-state index contributed by atoms with van der Waals surface area (Å²) in [4.78, 5) is 17.6. The molecule has 0 saturated carbocycles. The van der Waals surface area contributed by atoms with Crippen LogP contribution in [0.25, 0.3) is 0 Å². The van der Waals surface area contributed by atoms with Crippen LogP contribution in [0.1, 0.15) is 6.92 Å². The van der Waals surface area contributed by atoms with E-state index < -0.39 is 17.2 Å². The zero-order valence-corrected chi connectivity index (χ0v) is 12.4. The normalized spacial score (nSPS) is 8.83. The first-order valence-corrected chi connectivity index (χ1v) is 2.08. The average molecular weight is 282 g/mol. The van der Waals surface area contributed by atoms with Gasteiger partial charge in [-0.15, -0.1) is 0 Å². The first kappa shape index (κ1) is 22.6. The van der Waals surface area contributed by atoms with E-state index in [-0.39, 0.29) is 39.0 Å². The summed E-state index contributed by atoms with van der Waals surface area (Å²) in [5, 5.41) is 32.1. The molecule has 60 valence electrons. The fourth-order valence-corrected chi connectivity index (χ4v) is 0. The molecule has 1 atom stereocenters. The van der Waals surface area contributed by atoms with Crippen LogP contribution in [0.5, 0.6) is 0 Å². The summed E-state index contributed by atoms with van der Waals surface area (Å²) >= 11 is 0. The smallest absolute Gasteiger partial charge is 0.547 e. The first-order chi connectivity index (χ1) is 4.37. The molecule has 12 heavy (non-hydrogen) atoms. The van der Waals surface area contributed by atoms with Gasteiger partial charge in [-0.2, -0.15) is 0 Å². The Hall–Kier alpha value is -0.123. The number of aliphatic carboxylic acids is 1. The van der Waals surface area contributed by atoms with Gasteiger partial charge in [0.1, 0.15) is 0 Å². The minimum atomic E-state index is -1.75. The Morgan fingerprint density at radius 1 is 1.42 bits per heavy atom. The Balaban J connectivity index is -0.0000000483. The molecule has 0 heterocycles. The summed E-state index contributed by atoms with van der Waals surface area (Å²) in [7, 11) is 0. The Bertz CT molecular complexity index is 124. The van der Waals surface area contributed by atoms with Crippen LogP contribution in [-0.2, 0) is 43.8 Å². The van der Waals surface area contributed by atoms with Crippen molar-refractivity contribution in [2.24, 2.45) is 0 Å². The van der Waals surface area contributed by atoms with Gasteiger partial charge < -0.3 is 30.3 Å². The molecule has 0 fully saturated rings. The predicted molar refractivity (Wildman–Crippen MR) is 27.0 cm³/mol. The maximum atomic E-state index is 9.34. The topological polar surface area (TPSA) is 127 Å². The van der Waals surface area contributed by atoms with E-state index >= 15 is 0 Å². The zero-order valence-electron chi connectivity index (χ0n) is 6.43. The van der Waals surface area contributed by atoms with Gasteiger partial charge in [-0.3, -0.25) is 0 Å². The molecule has 0 saturated heterocycles. The number of aliphatic hydroxyl groups excluding tert-OH is 1. The maximum Gasteiger partial charge on any atom is 2.00 e. The van der Waals surface area contributed by atoms with Gasteiger partial charge in [-0.05, 0) is 6.92 Å². The van der Waals surface area contributed by atoms with Gasteiger partial charge in [-0.1, -0.05) is 0 Å². The Morgan fingerprint density at radius 3 is 1.50 bits per heavy atom. The molecule has 0 aliphatic heterocycles. The van der Waals surface area contributed by atoms with Crippen molar-refractivity contribution in [1.29, 1.82) is 0 Å². The van der Waals surface area contributed by atoms with Gasteiger partial charge in [-0.25, -0.2) is 0 Å². The number of aliphatic hydroxyl groups is 1. The molecule has 0 amide bonds. The van der Waals surface area contributed by atoms with E-state index in [2.05, 4.69) is 0 Å². The largest absolute Gasteiger partial charge is 2.00 e. The van der Waals surface area contributed by atoms with Crippen molar-refractivity contribution in [3.8, 4) is 0 Å². The summed E-state index contributed by atoms with van der Waals surface area (Å²) in [5.74, 6) is -1.44. The standard InChI is InChI=1S/C3H6O3.NO3.2Zn/c1-2(4)3(5)6;2-1(3)4;;/h2,4H,1H3,(H,5,6);;;/q;-1;2*+2/p-1. The Kier molecular flexibility index (Phi) is 25.4. The monoisotopic (exact) mass is 279 g/mol. The summed E-state index contributed by atoms with van der Waals surface area (Å²) in [6.45, 7) is 1.13. The number of hydrogen-bond donors (Lipinski definition) is 1. The van der Waals surface area contributed by atoms with Crippen LogP contribution in [-0.4, -0.2) is 22.3 Å². The Labute approximate surface area is 93.4 Å². The minimum absolute atomic E-state index is 0. The molecule has 0 aromatic carbocycles. The molecule has 0 aromatic heterocycles. The SMILES string of the molecule is CC(O)C(=O)[O-].O=[N+]([O-])[O-].[Zn+2].[Zn+2]. The van der Waals surface area contributed by atoms with Crippen LogP contribution in [0.3, 0.4) is 0 Å². The molecule has 0 spiro atoms. The summed E-state index contributed by atoms with van der Waals surface area (Å²) in [6, 6.07) is 0. The average Bonchev–Trinajstić information content (AvgIpc) is 1.63. The van der Waals surface area contributed by atoms with E-state index in [1.807, 2.05) is 0 Å². The third-order valence-electron chi connectivity index (χ3n) is 0.341. The second-order valence-electron chi connectivity index (χ2n) is 1.22. The van der Waals surface area contributed by atoms with Crippen molar-refractivity contribution >= 4 is 5.97 Å². The number of carboxylic acids is 1. The molecule has 0 rings (SSSR count). The van der Waals surface area contributed by atoms with Gasteiger partial charge >= 0.3 is 39.0 Å². The quantitative estimate of drug-likeness (QED) is 0.332. The van der Waals surface area contributed by atoms with Gasteiger partial charge in [0, 0.05) is 0 Å². The van der Waals surface area contributed by atoms with Crippen LogP contribution in [0.2, 0.25) is 0 Å².